The molecule has 0 fully saturated rings. The van der Waals surface area contributed by atoms with Crippen LogP contribution in [0.5, 0.6) is 0 Å². The van der Waals surface area contributed by atoms with Crippen LogP contribution < -0.4 is 0 Å². The maximum absolute atomic E-state index is 8.52. The van der Waals surface area contributed by atoms with Crippen molar-refractivity contribution in [2.45, 2.75) is 0 Å². The van der Waals surface area contributed by atoms with Crippen molar-refractivity contribution < 1.29 is 79.5 Å². The molecule has 0 bridgehead atoms. The summed E-state index contributed by atoms with van der Waals surface area (Å²) in [6.45, 7) is 0. The fourth-order valence-electron chi connectivity index (χ4n) is 0. The van der Waals surface area contributed by atoms with E-state index in [9.17, 15) is 0 Å². The van der Waals surface area contributed by atoms with E-state index in [1.165, 1.54) is 0 Å². The second-order valence-electron chi connectivity index (χ2n) is 0.816. The summed E-state index contributed by atoms with van der Waals surface area (Å²) >= 11 is 0. The zero-order valence-electron chi connectivity index (χ0n) is 6.88. The zero-order valence-corrected chi connectivity index (χ0v) is 9.46. The van der Waals surface area contributed by atoms with Crippen molar-refractivity contribution in [3.8, 4) is 0 Å². The van der Waals surface area contributed by atoms with Gasteiger partial charge in [0.2, 0.25) is 0 Å². The van der Waals surface area contributed by atoms with Gasteiger partial charge >= 0.3 is 17.1 Å². The minimum absolute atomic E-state index is 0. The first-order chi connectivity index (χ1) is 4.00. The van der Waals surface area contributed by atoms with Gasteiger partial charge in [0.1, 0.15) is 0 Å². The summed E-state index contributed by atoms with van der Waals surface area (Å²) in [6.07, 6.45) is 0. The molecule has 10 N–H and O–H groups in total. The third kappa shape index (κ3) is 678000. The van der Waals surface area contributed by atoms with Crippen LogP contribution in [0.2, 0.25) is 0 Å². The van der Waals surface area contributed by atoms with E-state index in [2.05, 4.69) is 0 Å². The molecule has 0 aromatic heterocycles. The molecular formula is H10CuO13S2. The van der Waals surface area contributed by atoms with E-state index < -0.39 is 20.8 Å². The van der Waals surface area contributed by atoms with E-state index >= 15 is 0 Å². The van der Waals surface area contributed by atoms with E-state index in [0.29, 0.717) is 0 Å². The van der Waals surface area contributed by atoms with E-state index in [0.717, 1.165) is 0 Å². The van der Waals surface area contributed by atoms with E-state index in [1.54, 1.807) is 0 Å². The van der Waals surface area contributed by atoms with Crippen LogP contribution >= 0.6 is 0 Å². The molecule has 0 aliphatic rings. The summed E-state index contributed by atoms with van der Waals surface area (Å²) in [6, 6.07) is 0. The van der Waals surface area contributed by atoms with Gasteiger partial charge in [-0.15, -0.1) is 0 Å². The normalized spacial score (nSPS) is 7.25. The van der Waals surface area contributed by atoms with Gasteiger partial charge in [-0.25, -0.2) is 0 Å². The predicted molar refractivity (Wildman–Crippen MR) is 39.0 cm³/mol. The van der Waals surface area contributed by atoms with Gasteiger partial charge in [-0.1, -0.05) is 0 Å². The van der Waals surface area contributed by atoms with Crippen LogP contribution in [0.1, 0.15) is 0 Å². The summed E-state index contributed by atoms with van der Waals surface area (Å²) in [7, 11) is -10.3. The van der Waals surface area contributed by atoms with Crippen LogP contribution in [0.4, 0.5) is 0 Å². The first kappa shape index (κ1) is 56.1. The summed E-state index contributed by atoms with van der Waals surface area (Å²) in [5.74, 6) is 0. The minimum atomic E-state index is -5.17. The molecule has 0 aliphatic heterocycles. The van der Waals surface area contributed by atoms with Gasteiger partial charge in [0, 0.05) is 20.8 Å². The van der Waals surface area contributed by atoms with Gasteiger partial charge in [-0.05, 0) is 0 Å². The average Bonchev–Trinajstić information content (AvgIpc) is 1.12. The van der Waals surface area contributed by atoms with Crippen LogP contribution in [-0.4, -0.2) is 62.4 Å². The molecule has 13 nitrogen and oxygen atoms in total. The standard InChI is InChI=1S/Cu.2H2O4S.5H2O/c;2*1-5(2,3)4;;;;;/h;2*(H2,1,2,3,4);5*1H2/q+4;;;;;;;/p-4. The van der Waals surface area contributed by atoms with Crippen molar-refractivity contribution in [3.63, 3.8) is 0 Å². The Kier molecular flexibility index (Phi) is 71.7. The predicted octanol–water partition coefficient (Wildman–Crippen LogP) is -6.80. The molecule has 0 spiro atoms. The zero-order chi connectivity index (χ0) is 9.00. The van der Waals surface area contributed by atoms with Gasteiger partial charge in [0.05, 0.1) is 0 Å². The van der Waals surface area contributed by atoms with Gasteiger partial charge < -0.3 is 45.6 Å². The van der Waals surface area contributed by atoms with Gasteiger partial charge in [0.15, 0.2) is 0 Å². The molecule has 1 radical (unpaired) electrons. The first-order valence-electron chi connectivity index (χ1n) is 1.33. The maximum atomic E-state index is 8.52. The molecule has 111 valence electrons. The van der Waals surface area contributed by atoms with Crippen LogP contribution in [0.25, 0.3) is 0 Å². The Balaban J connectivity index is -0.00000000970. The van der Waals surface area contributed by atoms with Crippen LogP contribution in [0, 0.1) is 0 Å². The monoisotopic (exact) mass is 345 g/mol. The van der Waals surface area contributed by atoms with Crippen molar-refractivity contribution in [3.05, 3.63) is 0 Å². The Bertz CT molecular complexity index is 210. The summed E-state index contributed by atoms with van der Waals surface area (Å²) in [5, 5.41) is 0. The van der Waals surface area contributed by atoms with E-state index in [-0.39, 0.29) is 44.4 Å². The smallest absolute Gasteiger partial charge is 0.759 e. The Hall–Kier alpha value is 0.0595. The Morgan fingerprint density at radius 1 is 0.500 bits per heavy atom. The molecule has 0 aliphatic carbocycles. The van der Waals surface area contributed by atoms with Crippen molar-refractivity contribution in [2.75, 3.05) is 0 Å². The molecule has 0 unspecified atom stereocenters. The van der Waals surface area contributed by atoms with E-state index in [1.807, 2.05) is 0 Å². The minimum Gasteiger partial charge on any atom is -0.759 e. The summed E-state index contributed by atoms with van der Waals surface area (Å²) < 4.78 is 68.2. The molecular weight excluding hydrogens is 336 g/mol. The molecule has 0 rings (SSSR count). The molecule has 0 aromatic rings. The second-order valence-corrected chi connectivity index (χ2v) is 2.45. The van der Waals surface area contributed by atoms with Crippen LogP contribution in [-0.2, 0) is 37.9 Å². The van der Waals surface area contributed by atoms with Crippen LogP contribution in [0.3, 0.4) is 0 Å². The molecule has 0 heterocycles. The van der Waals surface area contributed by atoms with Crippen LogP contribution in [0.15, 0.2) is 0 Å². The van der Waals surface area contributed by atoms with Crippen molar-refractivity contribution in [1.82, 2.24) is 0 Å². The quantitative estimate of drug-likeness (QED) is 0.230. The largest absolute Gasteiger partial charge is 4.00 e. The first-order valence-corrected chi connectivity index (χ1v) is 4.00. The molecule has 0 atom stereocenters. The Labute approximate surface area is 101 Å². The van der Waals surface area contributed by atoms with E-state index in [4.69, 9.17) is 35.0 Å². The average molecular weight is 346 g/mol. The van der Waals surface area contributed by atoms with Crippen molar-refractivity contribution in [2.24, 2.45) is 0 Å². The molecule has 16 heteroatoms. The Morgan fingerprint density at radius 2 is 0.500 bits per heavy atom. The van der Waals surface area contributed by atoms with Crippen molar-refractivity contribution in [1.29, 1.82) is 0 Å². The SMILES string of the molecule is O.O.O.O.O.O=S(=O)([O-])[O-].O=S(=O)([O-])[O-].[Cu+4]. The second kappa shape index (κ2) is 20.5. The Morgan fingerprint density at radius 3 is 0.500 bits per heavy atom. The third-order valence-electron chi connectivity index (χ3n) is 0. The topological polar surface area (TPSA) is 318 Å². The van der Waals surface area contributed by atoms with Gasteiger partial charge in [0.25, 0.3) is 0 Å². The van der Waals surface area contributed by atoms with Crippen molar-refractivity contribution >= 4 is 20.8 Å². The summed E-state index contributed by atoms with van der Waals surface area (Å²) in [4.78, 5) is 0. The number of hydrogen-bond acceptors (Lipinski definition) is 8. The maximum Gasteiger partial charge on any atom is 4.00 e. The number of hydrogen-bond donors (Lipinski definition) is 0. The van der Waals surface area contributed by atoms with Gasteiger partial charge in [-0.2, -0.15) is 0 Å². The molecule has 0 saturated heterocycles. The molecule has 0 saturated carbocycles. The molecule has 0 amide bonds. The fourth-order valence-corrected chi connectivity index (χ4v) is 0. The summed E-state index contributed by atoms with van der Waals surface area (Å²) in [5.41, 5.74) is 0. The molecule has 0 aromatic carbocycles. The molecule has 16 heavy (non-hydrogen) atoms. The number of rotatable bonds is 0. The third-order valence-corrected chi connectivity index (χ3v) is 0. The fraction of sp³-hybridized carbons (Fsp3) is 0. The van der Waals surface area contributed by atoms with Gasteiger partial charge in [-0.3, -0.25) is 16.8 Å².